The fraction of sp³-hybridized carbons (Fsp3) is 0.895. The molecule has 0 N–H and O–H groups in total. The van der Waals surface area contributed by atoms with Crippen LogP contribution in [0.3, 0.4) is 0 Å². The lowest BCUT2D eigenvalue weighted by molar-refractivity contribution is -0.0679. The topological polar surface area (TPSA) is 0 Å². The summed E-state index contributed by atoms with van der Waals surface area (Å²) in [6.07, 6.45) is 18.7. The van der Waals surface area contributed by atoms with Crippen molar-refractivity contribution in [1.29, 1.82) is 0 Å². The van der Waals surface area contributed by atoms with Crippen LogP contribution in [0.4, 0.5) is 0 Å². The molecule has 0 aromatic rings. The van der Waals surface area contributed by atoms with Crippen molar-refractivity contribution in [2.45, 2.75) is 71.6 Å². The molecule has 4 aliphatic rings. The van der Waals surface area contributed by atoms with Crippen LogP contribution < -0.4 is 0 Å². The molecule has 3 fully saturated rings. The minimum Gasteiger partial charge on any atom is -0.0880 e. The van der Waals surface area contributed by atoms with Crippen LogP contribution in [-0.4, -0.2) is 0 Å². The van der Waals surface area contributed by atoms with Gasteiger partial charge in [0.25, 0.3) is 0 Å². The van der Waals surface area contributed by atoms with Crippen molar-refractivity contribution in [2.75, 3.05) is 0 Å². The first kappa shape index (κ1) is 12.5. The zero-order chi connectivity index (χ0) is 13.1. The summed E-state index contributed by atoms with van der Waals surface area (Å²) in [6.45, 7) is 5.23. The van der Waals surface area contributed by atoms with Crippen LogP contribution in [0.5, 0.6) is 0 Å². The van der Waals surface area contributed by atoms with E-state index in [-0.39, 0.29) is 0 Å². The maximum Gasteiger partial charge on any atom is -0.00872 e. The number of hydrogen-bond donors (Lipinski definition) is 0. The summed E-state index contributed by atoms with van der Waals surface area (Å²) in [5.41, 5.74) is 1.29. The molecule has 0 aliphatic heterocycles. The Bertz CT molecular complexity index is 395. The van der Waals surface area contributed by atoms with E-state index in [4.69, 9.17) is 0 Å². The number of fused-ring (bicyclic) bond motifs is 5. The molecule has 3 saturated carbocycles. The summed E-state index contributed by atoms with van der Waals surface area (Å²) < 4.78 is 0. The average molecular weight is 258 g/mol. The van der Waals surface area contributed by atoms with Gasteiger partial charge in [0.1, 0.15) is 0 Å². The minimum absolute atomic E-state index is 0.561. The monoisotopic (exact) mass is 258 g/mol. The van der Waals surface area contributed by atoms with E-state index in [9.17, 15) is 0 Å². The van der Waals surface area contributed by atoms with E-state index < -0.39 is 0 Å². The molecular formula is C19H30. The van der Waals surface area contributed by atoms with Crippen molar-refractivity contribution in [1.82, 2.24) is 0 Å². The van der Waals surface area contributed by atoms with Gasteiger partial charge in [-0.2, -0.15) is 0 Å². The highest BCUT2D eigenvalue weighted by Gasteiger charge is 2.56. The highest BCUT2D eigenvalue weighted by atomic mass is 14.6. The fourth-order valence-corrected chi connectivity index (χ4v) is 6.81. The lowest BCUT2D eigenvalue weighted by atomic mass is 9.46. The first-order chi connectivity index (χ1) is 9.13. The molecule has 0 nitrogen and oxygen atoms in total. The standard InChI is InChI=1S/C19H30/c1-18-11-5-7-16(18)15-9-8-14-6-3-4-12-19(14,2)17(15)10-13-18/h4,12,14-17H,3,5-11,13H2,1-2H3/t14-,15?,16?,17?,18?,19?/m1/s1. The molecule has 0 heterocycles. The van der Waals surface area contributed by atoms with Gasteiger partial charge in [-0.25, -0.2) is 0 Å². The van der Waals surface area contributed by atoms with Crippen LogP contribution in [0.25, 0.3) is 0 Å². The fourth-order valence-electron chi connectivity index (χ4n) is 6.81. The first-order valence-electron chi connectivity index (χ1n) is 8.81. The molecule has 0 saturated heterocycles. The quantitative estimate of drug-likeness (QED) is 0.497. The van der Waals surface area contributed by atoms with E-state index in [0.29, 0.717) is 5.41 Å². The van der Waals surface area contributed by atoms with Crippen LogP contribution in [0.15, 0.2) is 12.2 Å². The van der Waals surface area contributed by atoms with Crippen molar-refractivity contribution >= 4 is 0 Å². The minimum atomic E-state index is 0.561. The highest BCUT2D eigenvalue weighted by Crippen LogP contribution is 2.65. The summed E-state index contributed by atoms with van der Waals surface area (Å²) in [5, 5.41) is 0. The second-order valence-electron chi connectivity index (χ2n) is 8.58. The van der Waals surface area contributed by atoms with E-state index in [2.05, 4.69) is 26.0 Å². The molecule has 0 amide bonds. The molecule has 5 unspecified atom stereocenters. The third-order valence-electron chi connectivity index (χ3n) is 7.90. The molecule has 4 rings (SSSR count). The van der Waals surface area contributed by atoms with Crippen LogP contribution in [0, 0.1) is 34.5 Å². The van der Waals surface area contributed by atoms with Crippen molar-refractivity contribution in [3.8, 4) is 0 Å². The third kappa shape index (κ3) is 1.64. The zero-order valence-corrected chi connectivity index (χ0v) is 12.8. The summed E-state index contributed by atoms with van der Waals surface area (Å²) >= 11 is 0. The van der Waals surface area contributed by atoms with Gasteiger partial charge in [0.05, 0.1) is 0 Å². The zero-order valence-electron chi connectivity index (χ0n) is 12.8. The predicted molar refractivity (Wildman–Crippen MR) is 80.9 cm³/mol. The Balaban J connectivity index is 1.68. The molecule has 0 aromatic heterocycles. The molecule has 0 heteroatoms. The van der Waals surface area contributed by atoms with Crippen molar-refractivity contribution in [2.24, 2.45) is 34.5 Å². The molecule has 6 atom stereocenters. The summed E-state index contributed by atoms with van der Waals surface area (Å²) in [4.78, 5) is 0. The lowest BCUT2D eigenvalue weighted by Crippen LogP contribution is -2.50. The number of allylic oxidation sites excluding steroid dienone is 2. The summed E-state index contributed by atoms with van der Waals surface area (Å²) in [5.74, 6) is 4.15. The van der Waals surface area contributed by atoms with E-state index in [1.807, 2.05) is 0 Å². The van der Waals surface area contributed by atoms with Gasteiger partial charge in [-0.15, -0.1) is 0 Å². The van der Waals surface area contributed by atoms with Gasteiger partial charge >= 0.3 is 0 Å². The SMILES string of the molecule is CC12CCCC1C1CC[C@H]3CCC=CC3(C)C1CC2. The Morgan fingerprint density at radius 2 is 1.79 bits per heavy atom. The van der Waals surface area contributed by atoms with Gasteiger partial charge in [0, 0.05) is 0 Å². The smallest absolute Gasteiger partial charge is 0.00872 e. The maximum absolute atomic E-state index is 2.65. The van der Waals surface area contributed by atoms with Crippen molar-refractivity contribution in [3.05, 3.63) is 12.2 Å². The second kappa shape index (κ2) is 4.12. The van der Waals surface area contributed by atoms with Gasteiger partial charge in [0.2, 0.25) is 0 Å². The largest absolute Gasteiger partial charge is 0.0880 e. The normalized spacial score (nSPS) is 56.3. The van der Waals surface area contributed by atoms with Gasteiger partial charge < -0.3 is 0 Å². The van der Waals surface area contributed by atoms with Gasteiger partial charge in [-0.05, 0) is 85.9 Å². The average Bonchev–Trinajstić information content (AvgIpc) is 2.79. The van der Waals surface area contributed by atoms with Crippen LogP contribution in [-0.2, 0) is 0 Å². The summed E-state index contributed by atoms with van der Waals surface area (Å²) in [7, 11) is 0. The second-order valence-corrected chi connectivity index (χ2v) is 8.58. The number of rotatable bonds is 0. The van der Waals surface area contributed by atoms with Gasteiger partial charge in [-0.1, -0.05) is 32.4 Å². The molecule has 19 heavy (non-hydrogen) atoms. The molecule has 0 bridgehead atoms. The maximum atomic E-state index is 2.65. The van der Waals surface area contributed by atoms with E-state index in [1.54, 1.807) is 12.8 Å². The Morgan fingerprint density at radius 1 is 0.895 bits per heavy atom. The van der Waals surface area contributed by atoms with E-state index >= 15 is 0 Å². The Labute approximate surface area is 119 Å². The first-order valence-corrected chi connectivity index (χ1v) is 8.81. The molecule has 0 radical (unpaired) electrons. The Hall–Kier alpha value is -0.260. The summed E-state index contributed by atoms with van der Waals surface area (Å²) in [6, 6.07) is 0. The molecule has 0 spiro atoms. The van der Waals surface area contributed by atoms with E-state index in [0.717, 1.165) is 29.1 Å². The predicted octanol–water partition coefficient (Wildman–Crippen LogP) is 5.59. The van der Waals surface area contributed by atoms with E-state index in [1.165, 1.54) is 44.9 Å². The third-order valence-corrected chi connectivity index (χ3v) is 7.90. The molecule has 0 aromatic carbocycles. The molecule has 4 aliphatic carbocycles. The van der Waals surface area contributed by atoms with Gasteiger partial charge in [-0.3, -0.25) is 0 Å². The Morgan fingerprint density at radius 3 is 2.68 bits per heavy atom. The molecule has 106 valence electrons. The van der Waals surface area contributed by atoms with Crippen molar-refractivity contribution < 1.29 is 0 Å². The number of hydrogen-bond acceptors (Lipinski definition) is 0. The van der Waals surface area contributed by atoms with Crippen LogP contribution in [0.1, 0.15) is 71.6 Å². The Kier molecular flexibility index (Phi) is 2.71. The highest BCUT2D eigenvalue weighted by molar-refractivity contribution is 5.14. The van der Waals surface area contributed by atoms with Crippen LogP contribution in [0.2, 0.25) is 0 Å². The van der Waals surface area contributed by atoms with Crippen LogP contribution >= 0.6 is 0 Å². The lowest BCUT2D eigenvalue weighted by Gasteiger charge is -2.58. The van der Waals surface area contributed by atoms with Gasteiger partial charge in [0.15, 0.2) is 0 Å². The molecular weight excluding hydrogens is 228 g/mol. The van der Waals surface area contributed by atoms with Crippen molar-refractivity contribution in [3.63, 3.8) is 0 Å².